The lowest BCUT2D eigenvalue weighted by Gasteiger charge is -2.06. The first-order chi connectivity index (χ1) is 9.33. The Balaban J connectivity index is 1.68. The molecule has 0 aromatic carbocycles. The molecule has 19 heavy (non-hydrogen) atoms. The van der Waals surface area contributed by atoms with Gasteiger partial charge in [0.2, 0.25) is 0 Å². The average molecular weight is 259 g/mol. The first kappa shape index (κ1) is 11.8. The van der Waals surface area contributed by atoms with Crippen LogP contribution in [0, 0.1) is 0 Å². The van der Waals surface area contributed by atoms with Gasteiger partial charge in [0.15, 0.2) is 0 Å². The van der Waals surface area contributed by atoms with Gasteiger partial charge in [-0.3, -0.25) is 14.5 Å². The molecule has 3 rings (SSSR count). The standard InChI is InChI=1S/C12H13N5O2/c18-12(11-6-13-2-3-14-11)16-9-5-15-17(7-9)10-1-4-19-8-10/h2-3,5-7,10H,1,4,8H2,(H,16,18)/t10-/m0/s1. The molecule has 0 saturated carbocycles. The molecule has 0 bridgehead atoms. The highest BCUT2D eigenvalue weighted by atomic mass is 16.5. The fourth-order valence-electron chi connectivity index (χ4n) is 1.94. The highest BCUT2D eigenvalue weighted by Gasteiger charge is 2.18. The lowest BCUT2D eigenvalue weighted by atomic mass is 10.3. The Hall–Kier alpha value is -2.28. The van der Waals surface area contributed by atoms with E-state index in [2.05, 4.69) is 20.4 Å². The number of carbonyl (C=O) groups excluding carboxylic acids is 1. The number of carbonyl (C=O) groups is 1. The summed E-state index contributed by atoms with van der Waals surface area (Å²) in [6.07, 6.45) is 8.78. The van der Waals surface area contributed by atoms with Crippen molar-refractivity contribution < 1.29 is 9.53 Å². The van der Waals surface area contributed by atoms with Crippen molar-refractivity contribution in [3.63, 3.8) is 0 Å². The second-order valence-electron chi connectivity index (χ2n) is 4.27. The average Bonchev–Trinajstić information content (AvgIpc) is 3.10. The van der Waals surface area contributed by atoms with E-state index in [1.807, 2.05) is 4.68 Å². The molecule has 1 N–H and O–H groups in total. The van der Waals surface area contributed by atoms with Crippen molar-refractivity contribution in [3.05, 3.63) is 36.7 Å². The topological polar surface area (TPSA) is 81.9 Å². The van der Waals surface area contributed by atoms with Crippen LogP contribution in [-0.2, 0) is 4.74 Å². The van der Waals surface area contributed by atoms with E-state index in [1.54, 1.807) is 12.4 Å². The van der Waals surface area contributed by atoms with Crippen LogP contribution < -0.4 is 5.32 Å². The lowest BCUT2D eigenvalue weighted by molar-refractivity contribution is 0.102. The summed E-state index contributed by atoms with van der Waals surface area (Å²) >= 11 is 0. The first-order valence-electron chi connectivity index (χ1n) is 6.02. The minimum atomic E-state index is -0.296. The molecule has 1 aliphatic rings. The van der Waals surface area contributed by atoms with Crippen LogP contribution in [0.25, 0.3) is 0 Å². The van der Waals surface area contributed by atoms with Gasteiger partial charge in [-0.05, 0) is 6.42 Å². The van der Waals surface area contributed by atoms with E-state index in [1.165, 1.54) is 18.6 Å². The van der Waals surface area contributed by atoms with Crippen LogP contribution in [0.1, 0.15) is 23.0 Å². The van der Waals surface area contributed by atoms with Crippen LogP contribution in [-0.4, -0.2) is 38.9 Å². The predicted octanol–water partition coefficient (Wildman–Crippen LogP) is 0.887. The summed E-state index contributed by atoms with van der Waals surface area (Å²) in [6.45, 7) is 1.42. The Bertz CT molecular complexity index is 563. The van der Waals surface area contributed by atoms with Crippen molar-refractivity contribution in [1.29, 1.82) is 0 Å². The normalized spacial score (nSPS) is 18.4. The van der Waals surface area contributed by atoms with Gasteiger partial charge in [0.25, 0.3) is 5.91 Å². The first-order valence-corrected chi connectivity index (χ1v) is 6.02. The van der Waals surface area contributed by atoms with E-state index in [0.717, 1.165) is 13.0 Å². The highest BCUT2D eigenvalue weighted by molar-refractivity contribution is 6.02. The molecule has 0 unspecified atom stereocenters. The molecule has 0 spiro atoms. The third-order valence-corrected chi connectivity index (χ3v) is 2.93. The Morgan fingerprint density at radius 1 is 1.42 bits per heavy atom. The summed E-state index contributed by atoms with van der Waals surface area (Å²) in [6, 6.07) is 0.252. The Kier molecular flexibility index (Phi) is 3.20. The van der Waals surface area contributed by atoms with Crippen LogP contribution in [0.5, 0.6) is 0 Å². The van der Waals surface area contributed by atoms with Gasteiger partial charge < -0.3 is 10.1 Å². The molecule has 1 amide bonds. The van der Waals surface area contributed by atoms with Gasteiger partial charge in [-0.15, -0.1) is 0 Å². The van der Waals surface area contributed by atoms with Crippen LogP contribution in [0.3, 0.4) is 0 Å². The number of amides is 1. The van der Waals surface area contributed by atoms with Gasteiger partial charge in [0.05, 0.1) is 30.7 Å². The van der Waals surface area contributed by atoms with Crippen LogP contribution in [0.2, 0.25) is 0 Å². The van der Waals surface area contributed by atoms with E-state index in [0.29, 0.717) is 12.3 Å². The molecule has 98 valence electrons. The molecule has 7 heteroatoms. The number of hydrogen-bond acceptors (Lipinski definition) is 5. The van der Waals surface area contributed by atoms with Crippen molar-refractivity contribution in [2.24, 2.45) is 0 Å². The Morgan fingerprint density at radius 3 is 3.11 bits per heavy atom. The van der Waals surface area contributed by atoms with Crippen LogP contribution in [0.4, 0.5) is 5.69 Å². The van der Waals surface area contributed by atoms with E-state index in [-0.39, 0.29) is 17.6 Å². The maximum absolute atomic E-state index is 11.9. The summed E-state index contributed by atoms with van der Waals surface area (Å²) in [5, 5.41) is 6.97. The Morgan fingerprint density at radius 2 is 2.37 bits per heavy atom. The van der Waals surface area contributed by atoms with Crippen molar-refractivity contribution in [3.8, 4) is 0 Å². The smallest absolute Gasteiger partial charge is 0.275 e. The van der Waals surface area contributed by atoms with Gasteiger partial charge in [-0.1, -0.05) is 0 Å². The van der Waals surface area contributed by atoms with Crippen molar-refractivity contribution in [2.45, 2.75) is 12.5 Å². The quantitative estimate of drug-likeness (QED) is 0.885. The van der Waals surface area contributed by atoms with Gasteiger partial charge in [0.1, 0.15) is 5.69 Å². The number of nitrogens with zero attached hydrogens (tertiary/aromatic N) is 4. The Labute approximate surface area is 109 Å². The molecular weight excluding hydrogens is 246 g/mol. The molecule has 7 nitrogen and oxygen atoms in total. The molecule has 1 fully saturated rings. The molecule has 0 radical (unpaired) electrons. The second-order valence-corrected chi connectivity index (χ2v) is 4.27. The van der Waals surface area contributed by atoms with Crippen LogP contribution >= 0.6 is 0 Å². The van der Waals surface area contributed by atoms with Gasteiger partial charge >= 0.3 is 0 Å². The maximum atomic E-state index is 11.9. The van der Waals surface area contributed by atoms with Gasteiger partial charge in [-0.2, -0.15) is 5.10 Å². The van der Waals surface area contributed by atoms with E-state index < -0.39 is 0 Å². The zero-order valence-corrected chi connectivity index (χ0v) is 10.2. The molecule has 1 saturated heterocycles. The predicted molar refractivity (Wildman–Crippen MR) is 66.7 cm³/mol. The molecule has 3 heterocycles. The van der Waals surface area contributed by atoms with E-state index >= 15 is 0 Å². The fraction of sp³-hybridized carbons (Fsp3) is 0.333. The maximum Gasteiger partial charge on any atom is 0.275 e. The third kappa shape index (κ3) is 2.60. The summed E-state index contributed by atoms with van der Waals surface area (Å²) in [7, 11) is 0. The van der Waals surface area contributed by atoms with E-state index in [9.17, 15) is 4.79 Å². The zero-order valence-electron chi connectivity index (χ0n) is 10.2. The molecular formula is C12H13N5O2. The van der Waals surface area contributed by atoms with Crippen molar-refractivity contribution in [2.75, 3.05) is 18.5 Å². The van der Waals surface area contributed by atoms with Gasteiger partial charge in [-0.25, -0.2) is 4.98 Å². The SMILES string of the molecule is O=C(Nc1cnn([C@H]2CCOC2)c1)c1cnccn1. The fourth-order valence-corrected chi connectivity index (χ4v) is 1.94. The highest BCUT2D eigenvalue weighted by Crippen LogP contribution is 2.19. The minimum Gasteiger partial charge on any atom is -0.379 e. The lowest BCUT2D eigenvalue weighted by Crippen LogP contribution is -2.13. The van der Waals surface area contributed by atoms with Gasteiger partial charge in [0, 0.05) is 25.2 Å². The second kappa shape index (κ2) is 5.15. The van der Waals surface area contributed by atoms with E-state index in [4.69, 9.17) is 4.74 Å². The molecule has 1 aliphatic heterocycles. The number of rotatable bonds is 3. The largest absolute Gasteiger partial charge is 0.379 e. The monoisotopic (exact) mass is 259 g/mol. The number of anilines is 1. The number of aromatic nitrogens is 4. The summed E-state index contributed by atoms with van der Waals surface area (Å²) < 4.78 is 7.12. The number of nitrogens with one attached hydrogen (secondary N) is 1. The summed E-state index contributed by atoms with van der Waals surface area (Å²) in [4.78, 5) is 19.7. The molecule has 2 aromatic rings. The molecule has 1 atom stereocenters. The molecule has 2 aromatic heterocycles. The minimum absolute atomic E-state index is 0.252. The summed E-state index contributed by atoms with van der Waals surface area (Å²) in [5.41, 5.74) is 0.919. The number of hydrogen-bond donors (Lipinski definition) is 1. The van der Waals surface area contributed by atoms with Crippen LogP contribution in [0.15, 0.2) is 31.0 Å². The summed E-state index contributed by atoms with van der Waals surface area (Å²) in [5.74, 6) is -0.296. The van der Waals surface area contributed by atoms with Crippen molar-refractivity contribution in [1.82, 2.24) is 19.7 Å². The zero-order chi connectivity index (χ0) is 13.1. The molecule has 0 aliphatic carbocycles. The third-order valence-electron chi connectivity index (χ3n) is 2.93. The number of ether oxygens (including phenoxy) is 1. The van der Waals surface area contributed by atoms with Crippen molar-refractivity contribution >= 4 is 11.6 Å².